The lowest BCUT2D eigenvalue weighted by molar-refractivity contribution is 0.324. The van der Waals surface area contributed by atoms with Gasteiger partial charge in [0.05, 0.1) is 39.1 Å². The van der Waals surface area contributed by atoms with Gasteiger partial charge in [-0.2, -0.15) is 4.98 Å². The first-order chi connectivity index (χ1) is 17.8. The molecule has 0 aliphatic carbocycles. The highest BCUT2D eigenvalue weighted by Gasteiger charge is 2.14. The number of methoxy groups -OCH3 is 3. The van der Waals surface area contributed by atoms with Crippen molar-refractivity contribution < 1.29 is 30.7 Å². The van der Waals surface area contributed by atoms with E-state index in [0.717, 1.165) is 14.2 Å². The van der Waals surface area contributed by atoms with E-state index in [4.69, 9.17) is 42.1 Å². The Hall–Kier alpha value is -3.42. The Morgan fingerprint density at radius 3 is 2.52 bits per heavy atom. The number of nitrogens with one attached hydrogen (secondary N) is 1. The summed E-state index contributed by atoms with van der Waals surface area (Å²) in [4.78, 5) is 7.54. The third-order valence-electron chi connectivity index (χ3n) is 3.47. The molecule has 5 N–H and O–H groups in total. The third kappa shape index (κ3) is 3.46. The summed E-state index contributed by atoms with van der Waals surface area (Å²) in [5, 5.41) is 1.81. The van der Waals surface area contributed by atoms with Crippen molar-refractivity contribution in [2.75, 3.05) is 38.0 Å². The highest BCUT2D eigenvalue weighted by atomic mass is 16.5. The summed E-state index contributed by atoms with van der Waals surface area (Å²) in [6.07, 6.45) is 0. The van der Waals surface area contributed by atoms with E-state index >= 15 is 0 Å². The number of nitrogens with zero attached hydrogens (tertiary/aromatic N) is 2. The van der Waals surface area contributed by atoms with Gasteiger partial charge in [0.25, 0.3) is 0 Å². The summed E-state index contributed by atoms with van der Waals surface area (Å²) in [7, 11) is -0.890. The molecule has 0 spiro atoms. The average Bonchev–Trinajstić information content (AvgIpc) is 2.77. The molecule has 0 unspecified atom stereocenters. The number of ether oxygens (including phenoxy) is 3. The molecule has 1 heterocycles. The molecule has 27 heavy (non-hydrogen) atoms. The van der Waals surface area contributed by atoms with Crippen LogP contribution in [0.2, 0.25) is 0 Å². The molecular formula is C19H23N5O3. The van der Waals surface area contributed by atoms with Gasteiger partial charge in [0.15, 0.2) is 11.5 Å². The molecular weight excluding hydrogens is 346 g/mol. The van der Waals surface area contributed by atoms with Gasteiger partial charge in [-0.05, 0) is 24.0 Å². The number of anilines is 3. The topological polar surface area (TPSA) is 118 Å². The van der Waals surface area contributed by atoms with Crippen LogP contribution < -0.4 is 31.0 Å². The molecule has 0 atom stereocenters. The molecule has 142 valence electrons. The number of hydrogen-bond acceptors (Lipinski definition) is 8. The first-order valence-corrected chi connectivity index (χ1v) is 7.35. The standard InChI is InChI=1S/C19H23N5O3/c1-10-11(5-6-13-16(10)18(20)24-19(21)23-13)9-22-12-7-14(25-2)17(27-4)15(8-12)26-3/h5-8,22H,9H2,1-4H3,(H4,20,21,23,24)/i1D3,4D3,5D,6D,7D,8D,9D2. The Bertz CT molecular complexity index is 1430. The molecule has 3 aromatic rings. The molecule has 8 heteroatoms. The summed E-state index contributed by atoms with van der Waals surface area (Å²) in [5.41, 5.74) is 8.83. The van der Waals surface area contributed by atoms with Crippen molar-refractivity contribution in [3.05, 3.63) is 35.3 Å². The van der Waals surface area contributed by atoms with E-state index in [1.165, 1.54) is 0 Å². The van der Waals surface area contributed by atoms with Crippen molar-refractivity contribution in [2.45, 2.75) is 13.3 Å². The lowest BCUT2D eigenvalue weighted by atomic mass is 10.0. The minimum Gasteiger partial charge on any atom is -0.493 e. The predicted octanol–water partition coefficient (Wildman–Crippen LogP) is 2.74. The zero-order chi connectivity index (χ0) is 29.8. The van der Waals surface area contributed by atoms with E-state index in [9.17, 15) is 0 Å². The van der Waals surface area contributed by atoms with Crippen molar-refractivity contribution >= 4 is 28.4 Å². The molecule has 3 rings (SSSR count). The van der Waals surface area contributed by atoms with Gasteiger partial charge in [0.1, 0.15) is 5.82 Å². The highest BCUT2D eigenvalue weighted by Crippen LogP contribution is 2.40. The van der Waals surface area contributed by atoms with Crippen LogP contribution in [-0.4, -0.2) is 31.2 Å². The number of aromatic nitrogens is 2. The van der Waals surface area contributed by atoms with Crippen LogP contribution in [0, 0.1) is 6.85 Å². The van der Waals surface area contributed by atoms with Gasteiger partial charge in [0.2, 0.25) is 11.7 Å². The van der Waals surface area contributed by atoms with Gasteiger partial charge in [-0.25, -0.2) is 4.98 Å². The Kier molecular flexibility index (Phi) is 2.35. The monoisotopic (exact) mass is 381 g/mol. The van der Waals surface area contributed by atoms with E-state index < -0.39 is 95.8 Å². The second kappa shape index (κ2) is 7.45. The van der Waals surface area contributed by atoms with E-state index in [1.54, 1.807) is 0 Å². The Labute approximate surface area is 174 Å². The zero-order valence-electron chi connectivity index (χ0n) is 26.3. The van der Waals surface area contributed by atoms with Crippen molar-refractivity contribution in [1.82, 2.24) is 9.97 Å². The van der Waals surface area contributed by atoms with Gasteiger partial charge < -0.3 is 31.0 Å². The van der Waals surface area contributed by atoms with Crippen molar-refractivity contribution in [2.24, 2.45) is 0 Å². The maximum Gasteiger partial charge on any atom is 0.222 e. The summed E-state index contributed by atoms with van der Waals surface area (Å²) < 4.78 is 113. The second-order valence-corrected chi connectivity index (χ2v) is 5.06. The molecule has 0 aliphatic heterocycles. The highest BCUT2D eigenvalue weighted by molar-refractivity contribution is 5.92. The molecule has 1 aromatic heterocycles. The van der Waals surface area contributed by atoms with Crippen LogP contribution in [0.15, 0.2) is 24.2 Å². The number of fused-ring (bicyclic) bond motifs is 1. The van der Waals surface area contributed by atoms with Crippen LogP contribution in [0.4, 0.5) is 17.5 Å². The minimum atomic E-state index is -3.11. The maximum absolute atomic E-state index is 8.72. The molecule has 8 nitrogen and oxygen atoms in total. The summed E-state index contributed by atoms with van der Waals surface area (Å²) in [6, 6.07) is -3.07. The number of nitrogens with two attached hydrogens (primary N) is 2. The van der Waals surface area contributed by atoms with Gasteiger partial charge in [-0.1, -0.05) is 6.04 Å². The quantitative estimate of drug-likeness (QED) is 0.596. The van der Waals surface area contributed by atoms with E-state index in [0.29, 0.717) is 0 Å². The van der Waals surface area contributed by atoms with Gasteiger partial charge in [0, 0.05) is 33.8 Å². The molecule has 2 aromatic carbocycles. The zero-order valence-corrected chi connectivity index (χ0v) is 14.3. The molecule has 0 radical (unpaired) electrons. The first-order valence-electron chi connectivity index (χ1n) is 13.4. The Morgan fingerprint density at radius 1 is 1.15 bits per heavy atom. The number of rotatable bonds is 6. The fourth-order valence-electron chi connectivity index (χ4n) is 2.28. The smallest absolute Gasteiger partial charge is 0.222 e. The van der Waals surface area contributed by atoms with Gasteiger partial charge in [-0.3, -0.25) is 0 Å². The average molecular weight is 381 g/mol. The first kappa shape index (κ1) is 8.51. The van der Waals surface area contributed by atoms with Crippen molar-refractivity contribution in [1.29, 1.82) is 0 Å². The lowest BCUT2D eigenvalue weighted by Crippen LogP contribution is -2.06. The van der Waals surface area contributed by atoms with Crippen molar-refractivity contribution in [3.63, 3.8) is 0 Å². The second-order valence-electron chi connectivity index (χ2n) is 5.06. The summed E-state index contributed by atoms with van der Waals surface area (Å²) >= 11 is 0. The molecule has 0 aliphatic rings. The number of aryl methyl sites for hydroxylation is 1. The van der Waals surface area contributed by atoms with Gasteiger partial charge >= 0.3 is 0 Å². The van der Waals surface area contributed by atoms with E-state index in [2.05, 4.69) is 15.3 Å². The molecule has 0 bridgehead atoms. The van der Waals surface area contributed by atoms with Crippen LogP contribution in [0.1, 0.15) is 27.6 Å². The Balaban J connectivity index is 2.39. The third-order valence-corrected chi connectivity index (χ3v) is 3.47. The Morgan fingerprint density at radius 2 is 1.89 bits per heavy atom. The van der Waals surface area contributed by atoms with Crippen LogP contribution in [0.5, 0.6) is 17.2 Å². The fourth-order valence-corrected chi connectivity index (χ4v) is 2.28. The van der Waals surface area contributed by atoms with Gasteiger partial charge in [-0.15, -0.1) is 0 Å². The van der Waals surface area contributed by atoms with E-state index in [1.807, 2.05) is 0 Å². The summed E-state index contributed by atoms with van der Waals surface area (Å²) in [6.45, 7) is -6.17. The molecule has 0 fully saturated rings. The SMILES string of the molecule is [2H]c1c(NC([2H])([2H])c2c([2H])c([2H])c3nc(N)nc(N)c3c2C([2H])([2H])[2H])c([2H])c(OC)c(OC([2H])([2H])[2H])c1OC. The normalized spacial score (nSPS) is 18.6. The molecule has 0 saturated carbocycles. The summed E-state index contributed by atoms with van der Waals surface area (Å²) in [5.74, 6) is -2.55. The largest absolute Gasteiger partial charge is 0.493 e. The molecule has 0 saturated heterocycles. The number of nitrogen functional groups attached to an aromatic ring is 2. The van der Waals surface area contributed by atoms with Crippen LogP contribution in [0.3, 0.4) is 0 Å². The van der Waals surface area contributed by atoms with Crippen LogP contribution >= 0.6 is 0 Å². The molecule has 0 amide bonds. The number of hydrogen-bond donors (Lipinski definition) is 3. The van der Waals surface area contributed by atoms with Crippen LogP contribution in [0.25, 0.3) is 10.9 Å². The predicted molar refractivity (Wildman–Crippen MR) is 107 cm³/mol. The van der Waals surface area contributed by atoms with Crippen LogP contribution in [-0.2, 0) is 6.50 Å². The van der Waals surface area contributed by atoms with Crippen molar-refractivity contribution in [3.8, 4) is 17.2 Å². The maximum atomic E-state index is 8.72. The van der Waals surface area contributed by atoms with E-state index in [-0.39, 0.29) is 5.52 Å². The number of benzene rings is 2. The lowest BCUT2D eigenvalue weighted by Gasteiger charge is -2.16. The fraction of sp³-hybridized carbons (Fsp3) is 0.263. The minimum absolute atomic E-state index is 0.382.